The van der Waals surface area contributed by atoms with E-state index in [1.165, 1.54) is 0 Å². The fourth-order valence-electron chi connectivity index (χ4n) is 1.93. The van der Waals surface area contributed by atoms with Gasteiger partial charge in [-0.25, -0.2) is 9.97 Å². The first kappa shape index (κ1) is 11.2. The highest BCUT2D eigenvalue weighted by atomic mass is 32.1. The highest BCUT2D eigenvalue weighted by molar-refractivity contribution is 7.23. The topological polar surface area (TPSA) is 63.8 Å². The zero-order chi connectivity index (χ0) is 12.5. The second kappa shape index (κ2) is 4.42. The van der Waals surface area contributed by atoms with Gasteiger partial charge in [-0.15, -0.1) is 0 Å². The minimum atomic E-state index is 0.504. The number of nitrogens with two attached hydrogens (primary N) is 1. The molecule has 2 aromatic heterocycles. The zero-order valence-corrected chi connectivity index (χ0v) is 10.9. The fourth-order valence-corrected chi connectivity index (χ4v) is 2.96. The number of benzene rings is 1. The number of hydrogen-bond donors (Lipinski definition) is 2. The molecular formula is C13H14N4S. The van der Waals surface area contributed by atoms with Crippen LogP contribution >= 0.6 is 11.3 Å². The SMILES string of the molecule is CCCNc1nc2c(N)nc3ccccc3c2s1. The van der Waals surface area contributed by atoms with Gasteiger partial charge in [0, 0.05) is 11.9 Å². The second-order valence-corrected chi connectivity index (χ2v) is 5.14. The molecule has 0 saturated carbocycles. The molecule has 92 valence electrons. The number of para-hydroxylation sites is 1. The van der Waals surface area contributed by atoms with Crippen molar-refractivity contribution in [1.82, 2.24) is 9.97 Å². The van der Waals surface area contributed by atoms with Crippen LogP contribution in [0.2, 0.25) is 0 Å². The van der Waals surface area contributed by atoms with Crippen LogP contribution in [0.1, 0.15) is 13.3 Å². The predicted octanol–water partition coefficient (Wildman–Crippen LogP) is 3.25. The fraction of sp³-hybridized carbons (Fsp3) is 0.231. The van der Waals surface area contributed by atoms with Gasteiger partial charge in [0.2, 0.25) is 0 Å². The van der Waals surface area contributed by atoms with E-state index < -0.39 is 0 Å². The molecule has 0 bridgehead atoms. The molecule has 2 heterocycles. The largest absolute Gasteiger partial charge is 0.382 e. The number of nitrogens with zero attached hydrogens (tertiary/aromatic N) is 2. The van der Waals surface area contributed by atoms with Crippen LogP contribution in [-0.2, 0) is 0 Å². The number of nitrogen functional groups attached to an aromatic ring is 1. The molecule has 0 unspecified atom stereocenters. The normalized spacial score (nSPS) is 11.2. The van der Waals surface area contributed by atoms with Crippen LogP contribution in [0.25, 0.3) is 21.1 Å². The average molecular weight is 258 g/mol. The summed E-state index contributed by atoms with van der Waals surface area (Å²) >= 11 is 1.64. The summed E-state index contributed by atoms with van der Waals surface area (Å²) in [7, 11) is 0. The molecule has 1 aromatic carbocycles. The number of anilines is 2. The van der Waals surface area contributed by atoms with Crippen LogP contribution in [-0.4, -0.2) is 16.5 Å². The van der Waals surface area contributed by atoms with E-state index >= 15 is 0 Å². The average Bonchev–Trinajstić information content (AvgIpc) is 2.81. The second-order valence-electron chi connectivity index (χ2n) is 4.14. The molecule has 0 aliphatic carbocycles. The van der Waals surface area contributed by atoms with E-state index in [9.17, 15) is 0 Å². The number of nitrogens with one attached hydrogen (secondary N) is 1. The molecule has 0 saturated heterocycles. The molecule has 0 aliphatic heterocycles. The van der Waals surface area contributed by atoms with Crippen LogP contribution in [0.4, 0.5) is 10.9 Å². The van der Waals surface area contributed by atoms with Crippen molar-refractivity contribution in [2.45, 2.75) is 13.3 Å². The highest BCUT2D eigenvalue weighted by Gasteiger charge is 2.11. The molecule has 4 nitrogen and oxygen atoms in total. The maximum atomic E-state index is 5.97. The Bertz CT molecular complexity index is 705. The number of fused-ring (bicyclic) bond motifs is 3. The molecule has 0 atom stereocenters. The van der Waals surface area contributed by atoms with Crippen molar-refractivity contribution in [3.05, 3.63) is 24.3 Å². The van der Waals surface area contributed by atoms with Gasteiger partial charge in [-0.1, -0.05) is 36.5 Å². The van der Waals surface area contributed by atoms with Gasteiger partial charge < -0.3 is 11.1 Å². The molecule has 0 amide bonds. The maximum Gasteiger partial charge on any atom is 0.183 e. The molecule has 3 aromatic rings. The smallest absolute Gasteiger partial charge is 0.183 e. The van der Waals surface area contributed by atoms with E-state index in [1.54, 1.807) is 11.3 Å². The highest BCUT2D eigenvalue weighted by Crippen LogP contribution is 2.34. The summed E-state index contributed by atoms with van der Waals surface area (Å²) in [6, 6.07) is 8.02. The van der Waals surface area contributed by atoms with Crippen LogP contribution < -0.4 is 11.1 Å². The summed E-state index contributed by atoms with van der Waals surface area (Å²) < 4.78 is 1.11. The lowest BCUT2D eigenvalue weighted by Crippen LogP contribution is -1.98. The molecule has 18 heavy (non-hydrogen) atoms. The molecule has 0 fully saturated rings. The Balaban J connectivity index is 2.24. The van der Waals surface area contributed by atoms with Gasteiger partial charge in [0.15, 0.2) is 10.9 Å². The van der Waals surface area contributed by atoms with Gasteiger partial charge in [-0.05, 0) is 12.5 Å². The van der Waals surface area contributed by atoms with Gasteiger partial charge in [-0.2, -0.15) is 0 Å². The molecule has 0 spiro atoms. The number of hydrogen-bond acceptors (Lipinski definition) is 5. The van der Waals surface area contributed by atoms with Gasteiger partial charge in [0.1, 0.15) is 5.52 Å². The van der Waals surface area contributed by atoms with Gasteiger partial charge in [0.25, 0.3) is 0 Å². The Labute approximate surface area is 109 Å². The van der Waals surface area contributed by atoms with Gasteiger partial charge in [0.05, 0.1) is 10.2 Å². The molecule has 5 heteroatoms. The summed E-state index contributed by atoms with van der Waals surface area (Å²) in [5.74, 6) is 0.504. The van der Waals surface area contributed by atoms with Crippen LogP contribution in [0.3, 0.4) is 0 Å². The van der Waals surface area contributed by atoms with E-state index in [0.717, 1.165) is 39.2 Å². The monoisotopic (exact) mass is 258 g/mol. The van der Waals surface area contributed by atoms with Crippen molar-refractivity contribution in [3.8, 4) is 0 Å². The zero-order valence-electron chi connectivity index (χ0n) is 10.1. The summed E-state index contributed by atoms with van der Waals surface area (Å²) in [4.78, 5) is 8.91. The lowest BCUT2D eigenvalue weighted by Gasteiger charge is -1.99. The van der Waals surface area contributed by atoms with E-state index in [1.807, 2.05) is 18.2 Å². The first-order valence-corrected chi connectivity index (χ1v) is 6.80. The summed E-state index contributed by atoms with van der Waals surface area (Å²) in [6.07, 6.45) is 1.07. The number of thiazole rings is 1. The first-order valence-electron chi connectivity index (χ1n) is 5.98. The first-order chi connectivity index (χ1) is 8.79. The minimum Gasteiger partial charge on any atom is -0.382 e. The Morgan fingerprint density at radius 2 is 2.11 bits per heavy atom. The molecule has 3 rings (SSSR count). The standard InChI is InChI=1S/C13H14N4S/c1-2-7-15-13-17-10-11(18-13)8-5-3-4-6-9(8)16-12(10)14/h3-6H,2,7H2,1H3,(H2,14,16)(H,15,17). The van der Waals surface area contributed by atoms with E-state index in [0.29, 0.717) is 5.82 Å². The summed E-state index contributed by atoms with van der Waals surface area (Å²) in [6.45, 7) is 3.05. The Morgan fingerprint density at radius 1 is 1.28 bits per heavy atom. The lowest BCUT2D eigenvalue weighted by molar-refractivity contribution is 0.977. The third kappa shape index (κ3) is 1.76. The van der Waals surface area contributed by atoms with Gasteiger partial charge >= 0.3 is 0 Å². The predicted molar refractivity (Wildman–Crippen MR) is 78.1 cm³/mol. The Morgan fingerprint density at radius 3 is 2.94 bits per heavy atom. The van der Waals surface area contributed by atoms with Crippen molar-refractivity contribution in [2.75, 3.05) is 17.6 Å². The van der Waals surface area contributed by atoms with Crippen molar-refractivity contribution >= 4 is 43.4 Å². The number of rotatable bonds is 3. The number of aromatic nitrogens is 2. The van der Waals surface area contributed by atoms with Crippen LogP contribution in [0.15, 0.2) is 24.3 Å². The lowest BCUT2D eigenvalue weighted by atomic mass is 10.2. The summed E-state index contributed by atoms with van der Waals surface area (Å²) in [5.41, 5.74) is 7.70. The van der Waals surface area contributed by atoms with Crippen LogP contribution in [0, 0.1) is 0 Å². The minimum absolute atomic E-state index is 0.504. The Hall–Kier alpha value is -1.88. The van der Waals surface area contributed by atoms with Crippen molar-refractivity contribution in [2.24, 2.45) is 0 Å². The van der Waals surface area contributed by atoms with E-state index in [2.05, 4.69) is 28.3 Å². The van der Waals surface area contributed by atoms with Crippen LogP contribution in [0.5, 0.6) is 0 Å². The van der Waals surface area contributed by atoms with Crippen molar-refractivity contribution < 1.29 is 0 Å². The third-order valence-electron chi connectivity index (χ3n) is 2.79. The maximum absolute atomic E-state index is 5.97. The molecule has 0 radical (unpaired) electrons. The van der Waals surface area contributed by atoms with Crippen molar-refractivity contribution in [1.29, 1.82) is 0 Å². The summed E-state index contributed by atoms with van der Waals surface area (Å²) in [5, 5.41) is 5.33. The van der Waals surface area contributed by atoms with E-state index in [4.69, 9.17) is 5.73 Å². The quantitative estimate of drug-likeness (QED) is 0.757. The third-order valence-corrected chi connectivity index (χ3v) is 3.83. The van der Waals surface area contributed by atoms with Crippen molar-refractivity contribution in [3.63, 3.8) is 0 Å². The van der Waals surface area contributed by atoms with E-state index in [-0.39, 0.29) is 0 Å². The number of pyridine rings is 1. The Kier molecular flexibility index (Phi) is 2.76. The molecule has 3 N–H and O–H groups in total. The molecule has 0 aliphatic rings. The molecular weight excluding hydrogens is 244 g/mol. The van der Waals surface area contributed by atoms with Gasteiger partial charge in [-0.3, -0.25) is 0 Å².